The fraction of sp³-hybridized carbons (Fsp3) is 0.529. The van der Waals surface area contributed by atoms with E-state index in [0.717, 1.165) is 12.1 Å². The van der Waals surface area contributed by atoms with Crippen molar-refractivity contribution < 1.29 is 32.6 Å². The average Bonchev–Trinajstić information content (AvgIpc) is 2.93. The Kier molecular flexibility index (Phi) is 6.10. The van der Waals surface area contributed by atoms with Crippen LogP contribution >= 0.6 is 15.9 Å². The fourth-order valence-electron chi connectivity index (χ4n) is 2.56. The second-order valence-electron chi connectivity index (χ2n) is 6.85. The molecular weight excluding hydrogens is 416 g/mol. The smallest absolute Gasteiger partial charge is 0.411 e. The van der Waals surface area contributed by atoms with E-state index in [1.807, 2.05) is 0 Å². The lowest BCUT2D eigenvalue weighted by atomic mass is 10.2. The number of ether oxygens (including phenoxy) is 3. The van der Waals surface area contributed by atoms with Crippen LogP contribution in [-0.2, 0) is 14.3 Å². The van der Waals surface area contributed by atoms with Gasteiger partial charge in [-0.25, -0.2) is 18.4 Å². The number of carbonyl (C=O) groups excluding carboxylic acids is 2. The topological polar surface area (TPSA) is 65.1 Å². The number of benzene rings is 1. The van der Waals surface area contributed by atoms with Crippen LogP contribution in [0.15, 0.2) is 16.6 Å². The molecule has 0 aliphatic carbocycles. The molecule has 0 radical (unpaired) electrons. The maximum Gasteiger partial charge on any atom is 0.411 e. The molecule has 2 rings (SSSR count). The maximum absolute atomic E-state index is 14.1. The molecule has 26 heavy (non-hydrogen) atoms. The van der Waals surface area contributed by atoms with E-state index >= 15 is 0 Å². The van der Waals surface area contributed by atoms with Gasteiger partial charge in [0.15, 0.2) is 11.6 Å². The molecule has 1 amide bonds. The van der Waals surface area contributed by atoms with E-state index in [1.165, 1.54) is 12.0 Å². The Labute approximate surface area is 158 Å². The molecule has 1 fully saturated rings. The lowest BCUT2D eigenvalue weighted by Gasteiger charge is -2.27. The first-order valence-electron chi connectivity index (χ1n) is 7.90. The molecule has 9 heteroatoms. The fourth-order valence-corrected chi connectivity index (χ4v) is 2.98. The summed E-state index contributed by atoms with van der Waals surface area (Å²) >= 11 is 2.91. The van der Waals surface area contributed by atoms with Gasteiger partial charge in [-0.05, 0) is 42.8 Å². The van der Waals surface area contributed by atoms with E-state index in [2.05, 4.69) is 15.9 Å². The lowest BCUT2D eigenvalue weighted by molar-refractivity contribution is -0.145. The monoisotopic (exact) mass is 435 g/mol. The van der Waals surface area contributed by atoms with Crippen molar-refractivity contribution in [1.82, 2.24) is 4.90 Å². The van der Waals surface area contributed by atoms with Crippen molar-refractivity contribution in [3.63, 3.8) is 0 Å². The third kappa shape index (κ3) is 4.84. The molecule has 1 aromatic carbocycles. The van der Waals surface area contributed by atoms with Crippen molar-refractivity contribution in [1.29, 1.82) is 0 Å². The highest BCUT2D eigenvalue weighted by molar-refractivity contribution is 9.10. The zero-order valence-corrected chi connectivity index (χ0v) is 16.4. The van der Waals surface area contributed by atoms with Gasteiger partial charge in [0.1, 0.15) is 23.6 Å². The molecule has 6 nitrogen and oxygen atoms in total. The Hall–Kier alpha value is -1.90. The van der Waals surface area contributed by atoms with E-state index in [1.54, 1.807) is 20.8 Å². The van der Waals surface area contributed by atoms with Crippen LogP contribution in [0.5, 0.6) is 5.75 Å². The number of carbonyl (C=O) groups is 2. The van der Waals surface area contributed by atoms with E-state index in [0.29, 0.717) is 0 Å². The number of methoxy groups -OCH3 is 1. The molecule has 1 heterocycles. The van der Waals surface area contributed by atoms with Crippen molar-refractivity contribution >= 4 is 28.0 Å². The van der Waals surface area contributed by atoms with Gasteiger partial charge in [-0.1, -0.05) is 0 Å². The Bertz CT molecular complexity index is 707. The van der Waals surface area contributed by atoms with Crippen LogP contribution in [0.4, 0.5) is 13.6 Å². The van der Waals surface area contributed by atoms with Crippen LogP contribution < -0.4 is 4.74 Å². The zero-order chi connectivity index (χ0) is 19.6. The largest absolute Gasteiger partial charge is 0.485 e. The number of amides is 1. The molecule has 1 saturated heterocycles. The number of hydrogen-bond donors (Lipinski definition) is 0. The Morgan fingerprint density at radius 3 is 2.50 bits per heavy atom. The molecule has 0 saturated carbocycles. The van der Waals surface area contributed by atoms with E-state index in [-0.39, 0.29) is 23.2 Å². The first-order valence-corrected chi connectivity index (χ1v) is 8.69. The summed E-state index contributed by atoms with van der Waals surface area (Å²) in [7, 11) is 1.20. The van der Waals surface area contributed by atoms with Crippen molar-refractivity contribution in [2.24, 2.45) is 0 Å². The van der Waals surface area contributed by atoms with Gasteiger partial charge >= 0.3 is 12.1 Å². The summed E-state index contributed by atoms with van der Waals surface area (Å²) in [6, 6.07) is 0.949. The molecule has 2 atom stereocenters. The van der Waals surface area contributed by atoms with Gasteiger partial charge in [0.25, 0.3) is 0 Å². The third-order valence-corrected chi connectivity index (χ3v) is 4.19. The summed E-state index contributed by atoms with van der Waals surface area (Å²) in [5.74, 6) is -2.39. The molecule has 0 bridgehead atoms. The number of esters is 1. The van der Waals surface area contributed by atoms with E-state index in [9.17, 15) is 18.4 Å². The van der Waals surface area contributed by atoms with Gasteiger partial charge in [0.05, 0.1) is 18.1 Å². The van der Waals surface area contributed by atoms with Crippen molar-refractivity contribution in [3.8, 4) is 5.75 Å². The highest BCUT2D eigenvalue weighted by Gasteiger charge is 2.43. The Balaban J connectivity index is 2.20. The van der Waals surface area contributed by atoms with Gasteiger partial charge in [-0.2, -0.15) is 0 Å². The normalized spacial score (nSPS) is 20.0. The number of halogens is 3. The molecule has 1 aliphatic rings. The molecule has 0 spiro atoms. The predicted molar refractivity (Wildman–Crippen MR) is 91.8 cm³/mol. The first-order chi connectivity index (χ1) is 12.0. The van der Waals surface area contributed by atoms with Gasteiger partial charge in [0.2, 0.25) is 0 Å². The second-order valence-corrected chi connectivity index (χ2v) is 7.70. The highest BCUT2D eigenvalue weighted by atomic mass is 79.9. The minimum Gasteiger partial charge on any atom is -0.485 e. The predicted octanol–water partition coefficient (Wildman–Crippen LogP) is 3.66. The summed E-state index contributed by atoms with van der Waals surface area (Å²) in [4.78, 5) is 25.5. The standard InChI is InChI=1S/C17H20BrF2NO5/c1-17(2,3)26-16(23)21-8-10(7-12(21)15(22)24-4)25-13-6-9(19)5-11(18)14(13)20/h5-6,10,12H,7-8H2,1-4H3. The van der Waals surface area contributed by atoms with Crippen LogP contribution in [0, 0.1) is 11.6 Å². The number of hydrogen-bond acceptors (Lipinski definition) is 5. The summed E-state index contributed by atoms with van der Waals surface area (Å²) < 4.78 is 43.0. The van der Waals surface area contributed by atoms with E-state index in [4.69, 9.17) is 14.2 Å². The summed E-state index contributed by atoms with van der Waals surface area (Å²) in [5, 5.41) is 0. The molecule has 0 aromatic heterocycles. The van der Waals surface area contributed by atoms with Crippen LogP contribution in [0.1, 0.15) is 27.2 Å². The average molecular weight is 436 g/mol. The third-order valence-electron chi connectivity index (χ3n) is 3.62. The summed E-state index contributed by atoms with van der Waals surface area (Å²) in [5.41, 5.74) is -0.754. The SMILES string of the molecule is COC(=O)C1CC(Oc2cc(F)cc(Br)c2F)CN1C(=O)OC(C)(C)C. The molecule has 144 valence electrons. The Morgan fingerprint density at radius 1 is 1.27 bits per heavy atom. The van der Waals surface area contributed by atoms with Crippen LogP contribution in [0.3, 0.4) is 0 Å². The molecule has 1 aromatic rings. The minimum absolute atomic E-state index is 0.0255. The second kappa shape index (κ2) is 7.77. The minimum atomic E-state index is -0.931. The summed E-state index contributed by atoms with van der Waals surface area (Å²) in [6.07, 6.45) is -1.37. The lowest BCUT2D eigenvalue weighted by Crippen LogP contribution is -2.44. The number of likely N-dealkylation sites (tertiary alicyclic amines) is 1. The number of nitrogens with zero attached hydrogens (tertiary/aromatic N) is 1. The highest BCUT2D eigenvalue weighted by Crippen LogP contribution is 2.31. The van der Waals surface area contributed by atoms with Crippen molar-refractivity contribution in [3.05, 3.63) is 28.2 Å². The van der Waals surface area contributed by atoms with Gasteiger partial charge in [-0.3, -0.25) is 4.90 Å². The van der Waals surface area contributed by atoms with Crippen LogP contribution in [0.25, 0.3) is 0 Å². The van der Waals surface area contributed by atoms with Crippen molar-refractivity contribution in [2.45, 2.75) is 44.9 Å². The summed E-state index contributed by atoms with van der Waals surface area (Å²) in [6.45, 7) is 5.06. The molecule has 2 unspecified atom stereocenters. The maximum atomic E-state index is 14.1. The van der Waals surface area contributed by atoms with Gasteiger partial charge in [0, 0.05) is 12.5 Å². The molecule has 1 aliphatic heterocycles. The first kappa shape index (κ1) is 20.4. The van der Waals surface area contributed by atoms with Gasteiger partial charge in [-0.15, -0.1) is 0 Å². The molecular formula is C17H20BrF2NO5. The van der Waals surface area contributed by atoms with Crippen molar-refractivity contribution in [2.75, 3.05) is 13.7 Å². The van der Waals surface area contributed by atoms with E-state index < -0.39 is 41.4 Å². The quantitative estimate of drug-likeness (QED) is 0.535. The van der Waals surface area contributed by atoms with Crippen LogP contribution in [0.2, 0.25) is 0 Å². The van der Waals surface area contributed by atoms with Crippen LogP contribution in [-0.4, -0.2) is 48.4 Å². The molecule has 0 N–H and O–H groups in total. The number of rotatable bonds is 3. The Morgan fingerprint density at radius 2 is 1.92 bits per heavy atom. The zero-order valence-electron chi connectivity index (χ0n) is 14.8. The van der Waals surface area contributed by atoms with Gasteiger partial charge < -0.3 is 14.2 Å².